The molecule has 1 heterocycles. The van der Waals surface area contributed by atoms with Gasteiger partial charge in [0.05, 0.1) is 12.0 Å². The number of ether oxygens (including phenoxy) is 2. The van der Waals surface area contributed by atoms with Gasteiger partial charge >= 0.3 is 0 Å². The van der Waals surface area contributed by atoms with Gasteiger partial charge in [0.1, 0.15) is 23.9 Å². The molecule has 0 saturated heterocycles. The molecular formula is C28H31NO4. The molecule has 1 aliphatic heterocycles. The minimum absolute atomic E-state index is 0.0942. The van der Waals surface area contributed by atoms with Crippen molar-refractivity contribution in [1.82, 2.24) is 0 Å². The van der Waals surface area contributed by atoms with Gasteiger partial charge in [0.2, 0.25) is 0 Å². The predicted molar refractivity (Wildman–Crippen MR) is 133 cm³/mol. The average molecular weight is 446 g/mol. The highest BCUT2D eigenvalue weighted by Gasteiger charge is 2.43. The van der Waals surface area contributed by atoms with Crippen LogP contribution < -0.4 is 15.2 Å². The van der Waals surface area contributed by atoms with Crippen molar-refractivity contribution in [3.8, 4) is 17.2 Å². The van der Waals surface area contributed by atoms with Crippen molar-refractivity contribution in [1.29, 1.82) is 0 Å². The molecule has 1 unspecified atom stereocenters. The molecule has 1 aliphatic rings. The summed E-state index contributed by atoms with van der Waals surface area (Å²) in [7, 11) is 0. The molecule has 3 N–H and O–H groups in total. The quantitative estimate of drug-likeness (QED) is 0.352. The number of nitrogen functional groups attached to an aromatic ring is 1. The number of aromatic hydroxyl groups is 1. The van der Waals surface area contributed by atoms with Gasteiger partial charge < -0.3 is 20.3 Å². The summed E-state index contributed by atoms with van der Waals surface area (Å²) in [6.07, 6.45) is 8.57. The van der Waals surface area contributed by atoms with Gasteiger partial charge in [0.25, 0.3) is 0 Å². The van der Waals surface area contributed by atoms with E-state index in [-0.39, 0.29) is 24.6 Å². The Morgan fingerprint density at radius 1 is 0.970 bits per heavy atom. The van der Waals surface area contributed by atoms with Crippen molar-refractivity contribution in [3.63, 3.8) is 0 Å². The van der Waals surface area contributed by atoms with Gasteiger partial charge in [-0.2, -0.15) is 0 Å². The number of nitrogens with two attached hydrogens (primary N) is 1. The number of fused-ring (bicyclic) bond motifs is 1. The van der Waals surface area contributed by atoms with E-state index in [1.807, 2.05) is 0 Å². The Morgan fingerprint density at radius 2 is 1.58 bits per heavy atom. The van der Waals surface area contributed by atoms with Gasteiger partial charge in [0, 0.05) is 28.8 Å². The summed E-state index contributed by atoms with van der Waals surface area (Å²) in [5.74, 6) is 1.09. The average Bonchev–Trinajstić information content (AvgIpc) is 2.79. The number of carbonyl (C=O) groups is 1. The van der Waals surface area contributed by atoms with E-state index in [0.29, 0.717) is 59.6 Å². The molecule has 0 spiro atoms. The maximum Gasteiger partial charge on any atom is 0.171 e. The van der Waals surface area contributed by atoms with Gasteiger partial charge in [-0.3, -0.25) is 4.79 Å². The fourth-order valence-corrected chi connectivity index (χ4v) is 4.27. The van der Waals surface area contributed by atoms with E-state index in [1.54, 1.807) is 48.6 Å². The van der Waals surface area contributed by atoms with Crippen molar-refractivity contribution >= 4 is 11.5 Å². The molecule has 3 rings (SSSR count). The first kappa shape index (κ1) is 23.9. The lowest BCUT2D eigenvalue weighted by atomic mass is 9.81. The second-order valence-electron chi connectivity index (χ2n) is 8.20. The second kappa shape index (κ2) is 10.3. The fourth-order valence-electron chi connectivity index (χ4n) is 4.27. The van der Waals surface area contributed by atoms with E-state index in [4.69, 9.17) is 15.2 Å². The SMILES string of the molecule is C=CCc1c(O)c(CC=C)c2c(c1CC=C)OC(CC=C)(COc1ccc(N)cc1)CC2=O. The lowest BCUT2D eigenvalue weighted by Crippen LogP contribution is -2.47. The third kappa shape index (κ3) is 4.87. The minimum Gasteiger partial charge on any atom is -0.507 e. The van der Waals surface area contributed by atoms with Crippen LogP contribution >= 0.6 is 0 Å². The smallest absolute Gasteiger partial charge is 0.171 e. The van der Waals surface area contributed by atoms with E-state index in [9.17, 15) is 9.90 Å². The van der Waals surface area contributed by atoms with E-state index >= 15 is 0 Å². The summed E-state index contributed by atoms with van der Waals surface area (Å²) < 4.78 is 12.6. The van der Waals surface area contributed by atoms with Crippen LogP contribution in [0.25, 0.3) is 0 Å². The predicted octanol–water partition coefficient (Wildman–Crippen LogP) is 5.52. The highest BCUT2D eigenvalue weighted by molar-refractivity contribution is 6.03. The zero-order valence-electron chi connectivity index (χ0n) is 18.9. The molecule has 0 aromatic heterocycles. The van der Waals surface area contributed by atoms with Gasteiger partial charge in [-0.25, -0.2) is 0 Å². The monoisotopic (exact) mass is 445 g/mol. The number of benzene rings is 2. The largest absolute Gasteiger partial charge is 0.507 e. The standard InChI is InChI=1S/C28H31NO4/c1-5-9-21-22(10-6-2)27-25(23(11-7-3)26(21)31)24(30)17-28(33-27,16-8-4)18-32-20-14-12-19(29)13-15-20/h5-8,12-15,31H,1-4,9-11,16-18,29H2. The Morgan fingerprint density at radius 3 is 2.18 bits per heavy atom. The fraction of sp³-hybridized carbons (Fsp3) is 0.250. The molecule has 2 aromatic carbocycles. The number of phenolic OH excluding ortho intramolecular Hbond substituents is 1. The molecule has 172 valence electrons. The van der Waals surface area contributed by atoms with E-state index in [2.05, 4.69) is 26.3 Å². The Bertz CT molecular complexity index is 1080. The van der Waals surface area contributed by atoms with Crippen LogP contribution in [0, 0.1) is 0 Å². The maximum absolute atomic E-state index is 13.5. The number of Topliss-reactive ketones (excluding diaryl/α,β-unsaturated/α-hetero) is 1. The molecule has 0 radical (unpaired) electrons. The summed E-state index contributed by atoms with van der Waals surface area (Å²) in [5.41, 5.74) is 7.82. The zero-order valence-corrected chi connectivity index (χ0v) is 18.9. The van der Waals surface area contributed by atoms with Gasteiger partial charge in [-0.1, -0.05) is 24.3 Å². The van der Waals surface area contributed by atoms with Crippen LogP contribution in [-0.2, 0) is 19.3 Å². The van der Waals surface area contributed by atoms with Crippen molar-refractivity contribution < 1.29 is 19.4 Å². The molecule has 5 nitrogen and oxygen atoms in total. The third-order valence-corrected chi connectivity index (χ3v) is 5.76. The normalized spacial score (nSPS) is 16.9. The highest BCUT2D eigenvalue weighted by Crippen LogP contribution is 2.46. The maximum atomic E-state index is 13.5. The van der Waals surface area contributed by atoms with Crippen LogP contribution in [0.15, 0.2) is 74.9 Å². The molecule has 1 atom stereocenters. The summed E-state index contributed by atoms with van der Waals surface area (Å²) in [5, 5.41) is 11.1. The first-order chi connectivity index (χ1) is 15.9. The van der Waals surface area contributed by atoms with Gasteiger partial charge in [0.15, 0.2) is 11.4 Å². The molecule has 0 bridgehead atoms. The number of phenols is 1. The van der Waals surface area contributed by atoms with Crippen LogP contribution in [0.5, 0.6) is 17.2 Å². The van der Waals surface area contributed by atoms with E-state index < -0.39 is 5.60 Å². The highest BCUT2D eigenvalue weighted by atomic mass is 16.5. The Balaban J connectivity index is 2.13. The van der Waals surface area contributed by atoms with Crippen LogP contribution in [0.1, 0.15) is 39.9 Å². The lowest BCUT2D eigenvalue weighted by molar-refractivity contribution is 0.00655. The number of carbonyl (C=O) groups excluding carboxylic acids is 1. The van der Waals surface area contributed by atoms with Crippen LogP contribution in [-0.4, -0.2) is 23.1 Å². The zero-order chi connectivity index (χ0) is 24.0. The van der Waals surface area contributed by atoms with E-state index in [1.165, 1.54) is 0 Å². The molecule has 2 aromatic rings. The molecule has 0 fully saturated rings. The Kier molecular flexibility index (Phi) is 7.44. The van der Waals surface area contributed by atoms with Crippen molar-refractivity contribution in [3.05, 3.63) is 97.1 Å². The molecular weight excluding hydrogens is 414 g/mol. The number of allylic oxidation sites excluding steroid dienone is 3. The Labute approximate surface area is 195 Å². The van der Waals surface area contributed by atoms with Crippen LogP contribution in [0.3, 0.4) is 0 Å². The number of rotatable bonds is 11. The topological polar surface area (TPSA) is 81.8 Å². The number of anilines is 1. The first-order valence-corrected chi connectivity index (χ1v) is 10.9. The molecule has 0 amide bonds. The number of hydrogen-bond acceptors (Lipinski definition) is 5. The summed E-state index contributed by atoms with van der Waals surface area (Å²) >= 11 is 0. The number of ketones is 1. The van der Waals surface area contributed by atoms with Crippen molar-refractivity contribution in [2.75, 3.05) is 12.3 Å². The van der Waals surface area contributed by atoms with Crippen LogP contribution in [0.4, 0.5) is 5.69 Å². The number of hydrogen-bond donors (Lipinski definition) is 2. The first-order valence-electron chi connectivity index (χ1n) is 10.9. The molecule has 0 saturated carbocycles. The van der Waals surface area contributed by atoms with Gasteiger partial charge in [-0.15, -0.1) is 26.3 Å². The van der Waals surface area contributed by atoms with Crippen molar-refractivity contribution in [2.45, 2.75) is 37.7 Å². The lowest BCUT2D eigenvalue weighted by Gasteiger charge is -2.39. The van der Waals surface area contributed by atoms with Gasteiger partial charge in [-0.05, 0) is 43.5 Å². The Hall–Kier alpha value is -3.73. The summed E-state index contributed by atoms with van der Waals surface area (Å²) in [4.78, 5) is 13.5. The molecule has 33 heavy (non-hydrogen) atoms. The third-order valence-electron chi connectivity index (χ3n) is 5.76. The van der Waals surface area contributed by atoms with E-state index in [0.717, 1.165) is 5.56 Å². The van der Waals surface area contributed by atoms with Crippen LogP contribution in [0.2, 0.25) is 0 Å². The second-order valence-corrected chi connectivity index (χ2v) is 8.20. The van der Waals surface area contributed by atoms with Crippen molar-refractivity contribution in [2.24, 2.45) is 0 Å². The summed E-state index contributed by atoms with van der Waals surface area (Å²) in [6.45, 7) is 15.5. The minimum atomic E-state index is -0.934. The summed E-state index contributed by atoms with van der Waals surface area (Å²) in [6, 6.07) is 7.07. The molecule has 5 heteroatoms. The molecule has 0 aliphatic carbocycles.